The highest BCUT2D eigenvalue weighted by molar-refractivity contribution is 9.10. The first-order valence-electron chi connectivity index (χ1n) is 6.57. The normalized spacial score (nSPS) is 12.6. The number of hydrogen-bond donors (Lipinski definition) is 1. The molecule has 1 aromatic heterocycles. The summed E-state index contributed by atoms with van der Waals surface area (Å²) in [5.74, 6) is 1.66. The Balaban J connectivity index is 2.06. The molecule has 3 nitrogen and oxygen atoms in total. The molecule has 0 radical (unpaired) electrons. The van der Waals surface area contributed by atoms with Crippen LogP contribution >= 0.6 is 15.9 Å². The fraction of sp³-hybridized carbons (Fsp3) is 0.400. The van der Waals surface area contributed by atoms with Crippen LogP contribution in [0.5, 0.6) is 0 Å². The van der Waals surface area contributed by atoms with Crippen molar-refractivity contribution in [1.29, 1.82) is 0 Å². The SMILES string of the molecule is CNCC(CCc1nccn1C)c1cccc(Br)c1. The average Bonchev–Trinajstić information content (AvgIpc) is 2.80. The van der Waals surface area contributed by atoms with Crippen molar-refractivity contribution in [2.75, 3.05) is 13.6 Å². The molecule has 2 rings (SSSR count). The Hall–Kier alpha value is -1.13. The highest BCUT2D eigenvalue weighted by Gasteiger charge is 2.12. The molecule has 0 saturated carbocycles. The molecular weight excluding hydrogens is 302 g/mol. The number of hydrogen-bond acceptors (Lipinski definition) is 2. The second kappa shape index (κ2) is 6.87. The summed E-state index contributed by atoms with van der Waals surface area (Å²) in [6, 6.07) is 8.58. The van der Waals surface area contributed by atoms with E-state index in [2.05, 4.69) is 62.1 Å². The summed E-state index contributed by atoms with van der Waals surface area (Å²) >= 11 is 3.55. The lowest BCUT2D eigenvalue weighted by Crippen LogP contribution is -2.18. The zero-order valence-electron chi connectivity index (χ0n) is 11.4. The molecule has 1 atom stereocenters. The summed E-state index contributed by atoms with van der Waals surface area (Å²) in [6.45, 7) is 0.987. The molecule has 0 aliphatic rings. The van der Waals surface area contributed by atoms with E-state index in [1.165, 1.54) is 5.56 Å². The topological polar surface area (TPSA) is 29.9 Å². The fourth-order valence-electron chi connectivity index (χ4n) is 2.33. The molecule has 0 amide bonds. The quantitative estimate of drug-likeness (QED) is 0.886. The summed E-state index contributed by atoms with van der Waals surface area (Å²) in [5.41, 5.74) is 1.37. The zero-order valence-corrected chi connectivity index (χ0v) is 13.0. The van der Waals surface area contributed by atoms with Gasteiger partial charge in [-0.15, -0.1) is 0 Å². The Bertz CT molecular complexity index is 522. The van der Waals surface area contributed by atoms with Gasteiger partial charge in [0.1, 0.15) is 5.82 Å². The average molecular weight is 322 g/mol. The van der Waals surface area contributed by atoms with Crippen LogP contribution < -0.4 is 5.32 Å². The van der Waals surface area contributed by atoms with Crippen molar-refractivity contribution < 1.29 is 0 Å². The molecule has 0 saturated heterocycles. The maximum Gasteiger partial charge on any atom is 0.108 e. The Labute approximate surface area is 123 Å². The van der Waals surface area contributed by atoms with Crippen LogP contribution in [0.15, 0.2) is 41.1 Å². The third kappa shape index (κ3) is 3.91. The van der Waals surface area contributed by atoms with E-state index in [1.807, 2.05) is 19.4 Å². The lowest BCUT2D eigenvalue weighted by atomic mass is 9.94. The first-order valence-corrected chi connectivity index (χ1v) is 7.36. The van der Waals surface area contributed by atoms with Crippen LogP contribution in [0, 0.1) is 0 Å². The fourth-order valence-corrected chi connectivity index (χ4v) is 2.75. The van der Waals surface area contributed by atoms with Crippen molar-refractivity contribution in [2.45, 2.75) is 18.8 Å². The number of aryl methyl sites for hydroxylation is 2. The van der Waals surface area contributed by atoms with Crippen LogP contribution in [0.2, 0.25) is 0 Å². The Morgan fingerprint density at radius 1 is 1.42 bits per heavy atom. The third-order valence-electron chi connectivity index (χ3n) is 3.41. The molecule has 0 aliphatic heterocycles. The first kappa shape index (κ1) is 14.3. The number of aromatic nitrogens is 2. The third-order valence-corrected chi connectivity index (χ3v) is 3.90. The molecule has 1 aromatic carbocycles. The van der Waals surface area contributed by atoms with E-state index in [-0.39, 0.29) is 0 Å². The maximum absolute atomic E-state index is 4.39. The van der Waals surface area contributed by atoms with Crippen LogP contribution in [-0.2, 0) is 13.5 Å². The van der Waals surface area contributed by atoms with Crippen LogP contribution in [-0.4, -0.2) is 23.1 Å². The van der Waals surface area contributed by atoms with Crippen LogP contribution in [0.3, 0.4) is 0 Å². The van der Waals surface area contributed by atoms with Gasteiger partial charge in [-0.05, 0) is 37.1 Å². The summed E-state index contributed by atoms with van der Waals surface area (Å²) in [5, 5.41) is 3.29. The van der Waals surface area contributed by atoms with Crippen molar-refractivity contribution in [3.8, 4) is 0 Å². The van der Waals surface area contributed by atoms with Gasteiger partial charge in [-0.25, -0.2) is 4.98 Å². The van der Waals surface area contributed by atoms with Gasteiger partial charge in [0.05, 0.1) is 0 Å². The van der Waals surface area contributed by atoms with Gasteiger partial charge in [0.2, 0.25) is 0 Å². The zero-order chi connectivity index (χ0) is 13.7. The Kier molecular flexibility index (Phi) is 5.16. The number of nitrogens with one attached hydrogen (secondary N) is 1. The van der Waals surface area contributed by atoms with Crippen molar-refractivity contribution in [3.05, 3.63) is 52.5 Å². The molecule has 0 aliphatic carbocycles. The maximum atomic E-state index is 4.39. The lowest BCUT2D eigenvalue weighted by Gasteiger charge is -2.17. The van der Waals surface area contributed by atoms with Crippen LogP contribution in [0.4, 0.5) is 0 Å². The molecule has 1 heterocycles. The van der Waals surface area contributed by atoms with E-state index >= 15 is 0 Å². The van der Waals surface area contributed by atoms with E-state index in [0.29, 0.717) is 5.92 Å². The second-order valence-electron chi connectivity index (χ2n) is 4.80. The van der Waals surface area contributed by atoms with Crippen molar-refractivity contribution in [2.24, 2.45) is 7.05 Å². The number of likely N-dealkylation sites (N-methyl/N-ethyl adjacent to an activating group) is 1. The predicted molar refractivity (Wildman–Crippen MR) is 82.3 cm³/mol. The number of rotatable bonds is 6. The summed E-state index contributed by atoms with van der Waals surface area (Å²) < 4.78 is 3.24. The monoisotopic (exact) mass is 321 g/mol. The van der Waals surface area contributed by atoms with Gasteiger partial charge in [-0.2, -0.15) is 0 Å². The van der Waals surface area contributed by atoms with E-state index < -0.39 is 0 Å². The molecule has 1 N–H and O–H groups in total. The Morgan fingerprint density at radius 3 is 2.89 bits per heavy atom. The largest absolute Gasteiger partial charge is 0.338 e. The van der Waals surface area contributed by atoms with Gasteiger partial charge in [0, 0.05) is 36.9 Å². The first-order chi connectivity index (χ1) is 9.20. The van der Waals surface area contributed by atoms with E-state index in [1.54, 1.807) is 0 Å². The van der Waals surface area contributed by atoms with E-state index in [0.717, 1.165) is 29.7 Å². The lowest BCUT2D eigenvalue weighted by molar-refractivity contribution is 0.568. The second-order valence-corrected chi connectivity index (χ2v) is 5.72. The highest BCUT2D eigenvalue weighted by Crippen LogP contribution is 2.23. The number of imidazole rings is 1. The molecule has 0 fully saturated rings. The van der Waals surface area contributed by atoms with Gasteiger partial charge < -0.3 is 9.88 Å². The molecule has 19 heavy (non-hydrogen) atoms. The molecule has 2 aromatic rings. The van der Waals surface area contributed by atoms with Gasteiger partial charge in [0.25, 0.3) is 0 Å². The number of benzene rings is 1. The minimum Gasteiger partial charge on any atom is -0.338 e. The molecule has 1 unspecified atom stereocenters. The standard InChI is InChI=1S/C15H20BrN3/c1-17-11-13(12-4-3-5-14(16)10-12)6-7-15-18-8-9-19(15)2/h3-5,8-10,13,17H,6-7,11H2,1-2H3. The van der Waals surface area contributed by atoms with Gasteiger partial charge >= 0.3 is 0 Å². The molecule has 102 valence electrons. The highest BCUT2D eigenvalue weighted by atomic mass is 79.9. The minimum absolute atomic E-state index is 0.513. The van der Waals surface area contributed by atoms with Crippen LogP contribution in [0.25, 0.3) is 0 Å². The van der Waals surface area contributed by atoms with E-state index in [9.17, 15) is 0 Å². The van der Waals surface area contributed by atoms with Gasteiger partial charge in [0.15, 0.2) is 0 Å². The number of halogens is 1. The van der Waals surface area contributed by atoms with Crippen LogP contribution in [0.1, 0.15) is 23.7 Å². The van der Waals surface area contributed by atoms with Crippen molar-refractivity contribution in [1.82, 2.24) is 14.9 Å². The molecular formula is C15H20BrN3. The predicted octanol–water partition coefficient (Wildman–Crippen LogP) is 3.12. The molecule has 0 spiro atoms. The minimum atomic E-state index is 0.513. The van der Waals surface area contributed by atoms with E-state index in [4.69, 9.17) is 0 Å². The van der Waals surface area contributed by atoms with Gasteiger partial charge in [-0.1, -0.05) is 28.1 Å². The van der Waals surface area contributed by atoms with Gasteiger partial charge in [-0.3, -0.25) is 0 Å². The van der Waals surface area contributed by atoms with Crippen molar-refractivity contribution in [3.63, 3.8) is 0 Å². The summed E-state index contributed by atoms with van der Waals surface area (Å²) in [4.78, 5) is 4.39. The Morgan fingerprint density at radius 2 is 2.26 bits per heavy atom. The summed E-state index contributed by atoms with van der Waals surface area (Å²) in [6.07, 6.45) is 5.97. The molecule has 4 heteroatoms. The smallest absolute Gasteiger partial charge is 0.108 e. The summed E-state index contributed by atoms with van der Waals surface area (Å²) in [7, 11) is 4.06. The number of nitrogens with zero attached hydrogens (tertiary/aromatic N) is 2. The molecule has 0 bridgehead atoms. The van der Waals surface area contributed by atoms with Crippen molar-refractivity contribution >= 4 is 15.9 Å².